The highest BCUT2D eigenvalue weighted by atomic mass is 32.2. The van der Waals surface area contributed by atoms with Crippen molar-refractivity contribution in [2.24, 2.45) is 10.8 Å². The number of aliphatic imine (C=N–C) groups is 1. The van der Waals surface area contributed by atoms with Gasteiger partial charge in [0.15, 0.2) is 9.84 Å². The average Bonchev–Trinajstić information content (AvgIpc) is 2.52. The Bertz CT molecular complexity index is 380. The van der Waals surface area contributed by atoms with Gasteiger partial charge in [-0.25, -0.2) is 14.3 Å². The number of unbranched alkanes of at least 4 members (excludes halogenated alkanes) is 1. The van der Waals surface area contributed by atoms with Crippen LogP contribution in [-0.4, -0.2) is 38.0 Å². The number of sulfone groups is 1. The minimum Gasteiger partial charge on any atom is -0.349 e. The van der Waals surface area contributed by atoms with E-state index >= 15 is 0 Å². The van der Waals surface area contributed by atoms with Crippen molar-refractivity contribution in [2.75, 3.05) is 18.1 Å². The van der Waals surface area contributed by atoms with E-state index in [1.54, 1.807) is 0 Å². The van der Waals surface area contributed by atoms with Crippen molar-refractivity contribution in [3.63, 3.8) is 0 Å². The predicted octanol–water partition coefficient (Wildman–Crippen LogP) is -0.227. The molecule has 0 aliphatic carbocycles. The molecule has 17 heavy (non-hydrogen) atoms. The molecule has 0 radical (unpaired) electrons. The lowest BCUT2D eigenvalue weighted by Crippen LogP contribution is -2.53. The Balaban J connectivity index is 2.59. The maximum absolute atomic E-state index is 11.4. The van der Waals surface area contributed by atoms with Crippen molar-refractivity contribution >= 4 is 15.8 Å². The van der Waals surface area contributed by atoms with E-state index < -0.39 is 15.4 Å². The van der Waals surface area contributed by atoms with Crippen LogP contribution in [0.3, 0.4) is 0 Å². The molecule has 4 N–H and O–H groups in total. The maximum Gasteiger partial charge on any atom is 0.206 e. The van der Waals surface area contributed by atoms with Gasteiger partial charge in [0.25, 0.3) is 0 Å². The van der Waals surface area contributed by atoms with Crippen LogP contribution >= 0.6 is 0 Å². The Hall–Kier alpha value is -0.820. The van der Waals surface area contributed by atoms with Crippen LogP contribution in [0.25, 0.3) is 0 Å². The number of hydrazine groups is 1. The van der Waals surface area contributed by atoms with Gasteiger partial charge < -0.3 is 5.32 Å². The first-order valence-electron chi connectivity index (χ1n) is 5.90. The quantitative estimate of drug-likeness (QED) is 0.214. The molecule has 1 heterocycles. The summed E-state index contributed by atoms with van der Waals surface area (Å²) in [5.74, 6) is 6.20. The highest BCUT2D eigenvalue weighted by Crippen LogP contribution is 2.22. The Morgan fingerprint density at radius 3 is 2.71 bits per heavy atom. The van der Waals surface area contributed by atoms with E-state index in [9.17, 15) is 8.42 Å². The second-order valence-electron chi connectivity index (χ2n) is 4.76. The number of hydrogen-bond donors (Lipinski definition) is 3. The average molecular weight is 262 g/mol. The van der Waals surface area contributed by atoms with Crippen LogP contribution in [0.5, 0.6) is 0 Å². The van der Waals surface area contributed by atoms with Crippen molar-refractivity contribution in [1.82, 2.24) is 10.7 Å². The minimum absolute atomic E-state index is 0.133. The molecule has 0 bridgehead atoms. The number of nitrogens with one attached hydrogen (secondary N) is 2. The maximum atomic E-state index is 11.4. The highest BCUT2D eigenvalue weighted by Gasteiger charge is 2.38. The molecule has 0 saturated carbocycles. The third kappa shape index (κ3) is 4.51. The fraction of sp³-hybridized carbons (Fsp3) is 0.900. The Morgan fingerprint density at radius 1 is 1.53 bits per heavy atom. The van der Waals surface area contributed by atoms with Gasteiger partial charge in [0, 0.05) is 6.54 Å². The van der Waals surface area contributed by atoms with Crippen LogP contribution in [0, 0.1) is 0 Å². The van der Waals surface area contributed by atoms with E-state index in [-0.39, 0.29) is 11.5 Å². The highest BCUT2D eigenvalue weighted by molar-refractivity contribution is 7.91. The van der Waals surface area contributed by atoms with Gasteiger partial charge in [0.1, 0.15) is 0 Å². The predicted molar refractivity (Wildman–Crippen MR) is 69.3 cm³/mol. The zero-order chi connectivity index (χ0) is 12.9. The van der Waals surface area contributed by atoms with Crippen molar-refractivity contribution in [2.45, 2.75) is 38.6 Å². The monoisotopic (exact) mass is 262 g/mol. The standard InChI is InChI=1S/C10H22N4O2S/c1-3-4-6-12-9(14-11)13-10(2)5-7-17(15,16)8-10/h3-8,11H2,1-2H3,(H2,12,13,14). The molecule has 6 nitrogen and oxygen atoms in total. The summed E-state index contributed by atoms with van der Waals surface area (Å²) in [4.78, 5) is 4.26. The summed E-state index contributed by atoms with van der Waals surface area (Å²) in [5, 5.41) is 3.09. The van der Waals surface area contributed by atoms with Gasteiger partial charge in [-0.2, -0.15) is 0 Å². The molecule has 0 amide bonds. The first-order valence-corrected chi connectivity index (χ1v) is 7.72. The van der Waals surface area contributed by atoms with Gasteiger partial charge in [-0.3, -0.25) is 10.4 Å². The fourth-order valence-corrected chi connectivity index (χ4v) is 3.96. The molecule has 7 heteroatoms. The van der Waals surface area contributed by atoms with E-state index in [4.69, 9.17) is 5.84 Å². The Kier molecular flexibility index (Phi) is 4.76. The van der Waals surface area contributed by atoms with Gasteiger partial charge in [-0.05, 0) is 19.8 Å². The van der Waals surface area contributed by atoms with Crippen molar-refractivity contribution in [3.05, 3.63) is 0 Å². The summed E-state index contributed by atoms with van der Waals surface area (Å²) in [6.45, 7) is 4.65. The molecule has 0 aromatic heterocycles. The number of hydrogen-bond acceptors (Lipinski definition) is 4. The normalized spacial score (nSPS) is 28.1. The molecule has 0 aromatic carbocycles. The number of nitrogens with zero attached hydrogens (tertiary/aromatic N) is 1. The number of guanidine groups is 1. The van der Waals surface area contributed by atoms with Gasteiger partial charge in [-0.1, -0.05) is 13.3 Å². The molecule has 1 aliphatic heterocycles. The van der Waals surface area contributed by atoms with Crippen LogP contribution < -0.4 is 16.6 Å². The van der Waals surface area contributed by atoms with Gasteiger partial charge in [0.05, 0.1) is 17.0 Å². The molecule has 100 valence electrons. The lowest BCUT2D eigenvalue weighted by Gasteiger charge is -2.25. The summed E-state index contributed by atoms with van der Waals surface area (Å²) in [6.07, 6.45) is 2.64. The zero-order valence-corrected chi connectivity index (χ0v) is 11.3. The molecule has 1 aliphatic rings. The fourth-order valence-electron chi connectivity index (χ4n) is 1.87. The Labute approximate surface area is 103 Å². The molecule has 0 spiro atoms. The first-order chi connectivity index (χ1) is 7.91. The van der Waals surface area contributed by atoms with Crippen LogP contribution in [0.4, 0.5) is 0 Å². The summed E-state index contributed by atoms with van der Waals surface area (Å²) in [6, 6.07) is 0. The minimum atomic E-state index is -2.92. The molecule has 1 fully saturated rings. The second-order valence-corrected chi connectivity index (χ2v) is 6.94. The molecular formula is C10H22N4O2S. The molecule has 0 aromatic rings. The number of nitrogens with two attached hydrogens (primary N) is 1. The van der Waals surface area contributed by atoms with Crippen LogP contribution in [0.1, 0.15) is 33.1 Å². The van der Waals surface area contributed by atoms with Crippen LogP contribution in [-0.2, 0) is 9.84 Å². The Morgan fingerprint density at radius 2 is 2.24 bits per heavy atom. The molecule has 1 unspecified atom stereocenters. The number of rotatable bonds is 4. The molecule has 1 atom stereocenters. The van der Waals surface area contributed by atoms with Crippen molar-refractivity contribution in [1.29, 1.82) is 0 Å². The second kappa shape index (κ2) is 5.68. The summed E-state index contributed by atoms with van der Waals surface area (Å²) in [7, 11) is -2.92. The first kappa shape index (κ1) is 14.2. The SMILES string of the molecule is CCCCN=C(NN)NC1(C)CCS(=O)(=O)C1. The van der Waals surface area contributed by atoms with Crippen molar-refractivity contribution in [3.8, 4) is 0 Å². The largest absolute Gasteiger partial charge is 0.349 e. The lowest BCUT2D eigenvalue weighted by molar-refractivity contribution is 0.463. The zero-order valence-electron chi connectivity index (χ0n) is 10.5. The summed E-state index contributed by atoms with van der Waals surface area (Å²) in [5.41, 5.74) is 2.02. The topological polar surface area (TPSA) is 96.6 Å². The summed E-state index contributed by atoms with van der Waals surface area (Å²) < 4.78 is 22.9. The van der Waals surface area contributed by atoms with Crippen LogP contribution in [0.15, 0.2) is 4.99 Å². The van der Waals surface area contributed by atoms with Crippen LogP contribution in [0.2, 0.25) is 0 Å². The van der Waals surface area contributed by atoms with E-state index in [0.717, 1.165) is 12.8 Å². The van der Waals surface area contributed by atoms with E-state index in [2.05, 4.69) is 22.7 Å². The van der Waals surface area contributed by atoms with Gasteiger partial charge >= 0.3 is 0 Å². The van der Waals surface area contributed by atoms with Gasteiger partial charge in [0.2, 0.25) is 5.96 Å². The lowest BCUT2D eigenvalue weighted by atomic mass is 10.0. The third-order valence-corrected chi connectivity index (χ3v) is 4.74. The van der Waals surface area contributed by atoms with E-state index in [1.807, 2.05) is 6.92 Å². The molecular weight excluding hydrogens is 240 g/mol. The van der Waals surface area contributed by atoms with Gasteiger partial charge in [-0.15, -0.1) is 0 Å². The smallest absolute Gasteiger partial charge is 0.206 e. The van der Waals surface area contributed by atoms with E-state index in [1.165, 1.54) is 0 Å². The van der Waals surface area contributed by atoms with Crippen molar-refractivity contribution < 1.29 is 8.42 Å². The summed E-state index contributed by atoms with van der Waals surface area (Å²) >= 11 is 0. The molecule has 1 saturated heterocycles. The molecule has 1 rings (SSSR count). The third-order valence-electron chi connectivity index (χ3n) is 2.84. The van der Waals surface area contributed by atoms with E-state index in [0.29, 0.717) is 18.9 Å².